The van der Waals surface area contributed by atoms with Crippen molar-refractivity contribution in [2.45, 2.75) is 26.2 Å². The molecule has 3 aliphatic rings. The highest BCUT2D eigenvalue weighted by molar-refractivity contribution is 6.01. The molecule has 3 heterocycles. The normalized spacial score (nSPS) is 22.7. The lowest BCUT2D eigenvalue weighted by Gasteiger charge is -2.33. The maximum absolute atomic E-state index is 12.9. The maximum atomic E-state index is 12.9. The zero-order chi connectivity index (χ0) is 19.8. The topological polar surface area (TPSA) is 64.2 Å². The summed E-state index contributed by atoms with van der Waals surface area (Å²) in [5.74, 6) is -0.0272. The summed E-state index contributed by atoms with van der Waals surface area (Å²) in [6.07, 6.45) is 1.57. The monoisotopic (exact) mass is 384 g/mol. The first-order chi connectivity index (χ1) is 13.5. The average Bonchev–Trinajstić information content (AvgIpc) is 3.30. The Hall–Kier alpha value is -2.41. The molecule has 1 aromatic rings. The third-order valence-electron chi connectivity index (χ3n) is 6.16. The van der Waals surface area contributed by atoms with Crippen LogP contribution in [0.4, 0.5) is 11.4 Å². The lowest BCUT2D eigenvalue weighted by atomic mass is 10.1. The number of hydrogen-bond acceptors (Lipinski definition) is 4. The Balaban J connectivity index is 1.46. The van der Waals surface area contributed by atoms with E-state index in [2.05, 4.69) is 11.9 Å². The van der Waals surface area contributed by atoms with Crippen LogP contribution < -0.4 is 9.80 Å². The van der Waals surface area contributed by atoms with E-state index in [1.165, 1.54) is 0 Å². The van der Waals surface area contributed by atoms with Crippen molar-refractivity contribution in [2.24, 2.45) is 5.92 Å². The number of hydrogen-bond donors (Lipinski definition) is 0. The van der Waals surface area contributed by atoms with Crippen LogP contribution in [-0.4, -0.2) is 73.8 Å². The Kier molecular flexibility index (Phi) is 5.10. The molecule has 0 bridgehead atoms. The van der Waals surface area contributed by atoms with Crippen LogP contribution in [0.1, 0.15) is 25.3 Å². The smallest absolute Gasteiger partial charge is 0.228 e. The molecule has 1 aromatic carbocycles. The molecule has 0 N–H and O–H groups in total. The molecule has 3 amide bonds. The van der Waals surface area contributed by atoms with Crippen molar-refractivity contribution in [2.75, 3.05) is 56.1 Å². The van der Waals surface area contributed by atoms with Gasteiger partial charge in [0.2, 0.25) is 17.7 Å². The van der Waals surface area contributed by atoms with Gasteiger partial charge >= 0.3 is 0 Å². The quantitative estimate of drug-likeness (QED) is 0.783. The molecule has 28 heavy (non-hydrogen) atoms. The molecule has 0 aliphatic carbocycles. The van der Waals surface area contributed by atoms with E-state index in [0.29, 0.717) is 19.5 Å². The van der Waals surface area contributed by atoms with E-state index in [9.17, 15) is 14.4 Å². The summed E-state index contributed by atoms with van der Waals surface area (Å²) < 4.78 is 0. The lowest BCUT2D eigenvalue weighted by Crippen LogP contribution is -2.49. The van der Waals surface area contributed by atoms with Crippen molar-refractivity contribution in [3.05, 3.63) is 23.8 Å². The fraction of sp³-hybridized carbons (Fsp3) is 0.571. The van der Waals surface area contributed by atoms with Crippen LogP contribution in [-0.2, 0) is 20.8 Å². The van der Waals surface area contributed by atoms with Crippen LogP contribution in [0, 0.1) is 5.92 Å². The molecule has 0 spiro atoms. The van der Waals surface area contributed by atoms with Gasteiger partial charge < -0.3 is 19.6 Å². The standard InChI is InChI=1S/C21H28N4O3/c1-3-19(26)24-7-6-15-12-17(4-5-18(15)24)25-14-16(13-20(25)27)21(28)23-10-8-22(2)9-11-23/h4-5,12,16H,3,6-11,13-14H2,1-2H3/t16-/m0/s1. The molecule has 4 rings (SSSR count). The first-order valence-electron chi connectivity index (χ1n) is 10.2. The van der Waals surface area contributed by atoms with Gasteiger partial charge in [0.15, 0.2) is 0 Å². The molecule has 2 fully saturated rings. The Morgan fingerprint density at radius 2 is 1.86 bits per heavy atom. The number of carbonyl (C=O) groups excluding carboxylic acids is 3. The van der Waals surface area contributed by atoms with Crippen LogP contribution >= 0.6 is 0 Å². The first-order valence-corrected chi connectivity index (χ1v) is 10.2. The molecule has 150 valence electrons. The van der Waals surface area contributed by atoms with Crippen molar-refractivity contribution >= 4 is 29.1 Å². The summed E-state index contributed by atoms with van der Waals surface area (Å²) in [6, 6.07) is 5.85. The Morgan fingerprint density at radius 1 is 1.11 bits per heavy atom. The number of nitrogens with zero attached hydrogens (tertiary/aromatic N) is 4. The van der Waals surface area contributed by atoms with Crippen molar-refractivity contribution in [3.8, 4) is 0 Å². The minimum Gasteiger partial charge on any atom is -0.340 e. The van der Waals surface area contributed by atoms with Gasteiger partial charge in [0.1, 0.15) is 0 Å². The minimum atomic E-state index is -0.262. The van der Waals surface area contributed by atoms with Crippen LogP contribution in [0.25, 0.3) is 0 Å². The van der Waals surface area contributed by atoms with Gasteiger partial charge in [0, 0.05) is 63.5 Å². The second kappa shape index (κ2) is 7.54. The zero-order valence-electron chi connectivity index (χ0n) is 16.7. The molecule has 0 unspecified atom stereocenters. The maximum Gasteiger partial charge on any atom is 0.228 e. The number of anilines is 2. The minimum absolute atomic E-state index is 0.00640. The molecule has 0 saturated carbocycles. The van der Waals surface area contributed by atoms with Gasteiger partial charge in [-0.3, -0.25) is 14.4 Å². The molecular formula is C21H28N4O3. The van der Waals surface area contributed by atoms with Crippen LogP contribution in [0.2, 0.25) is 0 Å². The fourth-order valence-corrected chi connectivity index (χ4v) is 4.41. The highest BCUT2D eigenvalue weighted by Gasteiger charge is 2.38. The third-order valence-corrected chi connectivity index (χ3v) is 6.16. The number of likely N-dealkylation sites (N-methyl/N-ethyl adjacent to an activating group) is 1. The van der Waals surface area contributed by atoms with E-state index in [0.717, 1.165) is 49.5 Å². The highest BCUT2D eigenvalue weighted by Crippen LogP contribution is 2.34. The molecule has 0 aromatic heterocycles. The Morgan fingerprint density at radius 3 is 2.57 bits per heavy atom. The van der Waals surface area contributed by atoms with Crippen LogP contribution in [0.15, 0.2) is 18.2 Å². The number of rotatable bonds is 3. The zero-order valence-corrected chi connectivity index (χ0v) is 16.7. The SMILES string of the molecule is CCC(=O)N1CCc2cc(N3C[C@@H](C(=O)N4CCN(C)CC4)CC3=O)ccc21. The first kappa shape index (κ1) is 18.9. The predicted molar refractivity (Wildman–Crippen MR) is 107 cm³/mol. The molecule has 7 heteroatoms. The van der Waals surface area contributed by atoms with E-state index in [4.69, 9.17) is 0 Å². The van der Waals surface area contributed by atoms with Crippen LogP contribution in [0.3, 0.4) is 0 Å². The summed E-state index contributed by atoms with van der Waals surface area (Å²) in [5.41, 5.74) is 2.89. The third kappa shape index (κ3) is 3.39. The van der Waals surface area contributed by atoms with E-state index in [1.54, 1.807) is 4.90 Å². The van der Waals surface area contributed by atoms with E-state index >= 15 is 0 Å². The van der Waals surface area contributed by atoms with Gasteiger partial charge in [-0.05, 0) is 37.2 Å². The fourth-order valence-electron chi connectivity index (χ4n) is 4.41. The highest BCUT2D eigenvalue weighted by atomic mass is 16.2. The predicted octanol–water partition coefficient (Wildman–Crippen LogP) is 1.11. The van der Waals surface area contributed by atoms with E-state index < -0.39 is 0 Å². The van der Waals surface area contributed by atoms with Gasteiger partial charge in [-0.1, -0.05) is 6.92 Å². The Bertz CT molecular complexity index is 801. The van der Waals surface area contributed by atoms with Gasteiger partial charge in [-0.2, -0.15) is 0 Å². The number of fused-ring (bicyclic) bond motifs is 1. The van der Waals surface area contributed by atoms with E-state index in [1.807, 2.05) is 34.9 Å². The average molecular weight is 384 g/mol. The summed E-state index contributed by atoms with van der Waals surface area (Å²) in [6.45, 7) is 6.25. The molecule has 3 aliphatic heterocycles. The van der Waals surface area contributed by atoms with Gasteiger partial charge in [0.25, 0.3) is 0 Å². The van der Waals surface area contributed by atoms with E-state index in [-0.39, 0.29) is 30.1 Å². The van der Waals surface area contributed by atoms with Crippen molar-refractivity contribution in [1.29, 1.82) is 0 Å². The van der Waals surface area contributed by atoms with Crippen molar-refractivity contribution < 1.29 is 14.4 Å². The van der Waals surface area contributed by atoms with Crippen LogP contribution in [0.5, 0.6) is 0 Å². The second-order valence-corrected chi connectivity index (χ2v) is 8.00. The largest absolute Gasteiger partial charge is 0.340 e. The second-order valence-electron chi connectivity index (χ2n) is 8.00. The summed E-state index contributed by atoms with van der Waals surface area (Å²) in [5, 5.41) is 0. The number of amides is 3. The summed E-state index contributed by atoms with van der Waals surface area (Å²) in [4.78, 5) is 45.2. The number of carbonyl (C=O) groups is 3. The van der Waals surface area contributed by atoms with Gasteiger partial charge in [-0.15, -0.1) is 0 Å². The molecular weight excluding hydrogens is 356 g/mol. The molecule has 1 atom stereocenters. The Labute approximate surface area is 165 Å². The number of piperazine rings is 1. The molecule has 2 saturated heterocycles. The lowest BCUT2D eigenvalue weighted by molar-refractivity contribution is -0.137. The van der Waals surface area contributed by atoms with Crippen molar-refractivity contribution in [3.63, 3.8) is 0 Å². The van der Waals surface area contributed by atoms with Crippen molar-refractivity contribution in [1.82, 2.24) is 9.80 Å². The van der Waals surface area contributed by atoms with Gasteiger partial charge in [0.05, 0.1) is 5.92 Å². The summed E-state index contributed by atoms with van der Waals surface area (Å²) in [7, 11) is 2.06. The summed E-state index contributed by atoms with van der Waals surface area (Å²) >= 11 is 0. The molecule has 0 radical (unpaired) electrons. The molecule has 7 nitrogen and oxygen atoms in total. The number of benzene rings is 1. The van der Waals surface area contributed by atoms with Gasteiger partial charge in [-0.25, -0.2) is 0 Å².